The fraction of sp³-hybridized carbons (Fsp3) is 0.250. The van der Waals surface area contributed by atoms with Crippen LogP contribution >= 0.6 is 0 Å². The maximum atomic E-state index is 12.7. The number of ketones is 1. The van der Waals surface area contributed by atoms with Gasteiger partial charge in [-0.25, -0.2) is 0 Å². The zero-order valence-corrected chi connectivity index (χ0v) is 12.4. The number of Topliss-reactive ketones (excluding diaryl/α,β-unsaturated/α-hetero) is 1. The minimum Gasteiger partial charge on any atom is -0.312 e. The molecule has 0 saturated carbocycles. The molecule has 1 aliphatic heterocycles. The lowest BCUT2D eigenvalue weighted by Gasteiger charge is -2.16. The number of carbonyl (C=O) groups is 1. The van der Waals surface area contributed by atoms with Crippen molar-refractivity contribution < 1.29 is 4.79 Å². The van der Waals surface area contributed by atoms with E-state index in [2.05, 4.69) is 35.7 Å². The normalized spacial score (nSPS) is 26.8. The lowest BCUT2D eigenvalue weighted by Crippen LogP contribution is -2.28. The number of rotatable bonds is 3. The number of nitrogens with one attached hydrogen (secondary N) is 1. The monoisotopic (exact) mass is 289 g/mol. The van der Waals surface area contributed by atoms with Gasteiger partial charge in [0.1, 0.15) is 0 Å². The van der Waals surface area contributed by atoms with E-state index < -0.39 is 0 Å². The van der Waals surface area contributed by atoms with Crippen molar-refractivity contribution in [2.75, 3.05) is 6.54 Å². The number of fused-ring (bicyclic) bond motifs is 1. The Hall–Kier alpha value is -2.19. The lowest BCUT2D eigenvalue weighted by atomic mass is 9.90. The summed E-state index contributed by atoms with van der Waals surface area (Å²) in [6, 6.07) is 20.9. The Morgan fingerprint density at radius 2 is 1.64 bits per heavy atom. The summed E-state index contributed by atoms with van der Waals surface area (Å²) < 4.78 is 0. The van der Waals surface area contributed by atoms with Gasteiger partial charge in [-0.2, -0.15) is 0 Å². The molecule has 1 heterocycles. The fourth-order valence-electron chi connectivity index (χ4n) is 3.74. The van der Waals surface area contributed by atoms with Gasteiger partial charge in [0.05, 0.1) is 0 Å². The molecule has 1 saturated heterocycles. The molecule has 1 aliphatic carbocycles. The van der Waals surface area contributed by atoms with Crippen molar-refractivity contribution in [3.8, 4) is 0 Å². The van der Waals surface area contributed by atoms with Gasteiger partial charge in [-0.3, -0.25) is 4.79 Å². The second-order valence-corrected chi connectivity index (χ2v) is 6.20. The number of carbonyl (C=O) groups excluding carboxylic acids is 1. The molecule has 0 spiro atoms. The van der Waals surface area contributed by atoms with Crippen LogP contribution in [0.25, 0.3) is 5.57 Å². The highest BCUT2D eigenvalue weighted by molar-refractivity contribution is 6.24. The third-order valence-corrected chi connectivity index (χ3v) is 4.87. The van der Waals surface area contributed by atoms with Crippen LogP contribution in [0.3, 0.4) is 0 Å². The molecule has 22 heavy (non-hydrogen) atoms. The summed E-state index contributed by atoms with van der Waals surface area (Å²) in [6.07, 6.45) is 3.18. The summed E-state index contributed by atoms with van der Waals surface area (Å²) in [7, 11) is 0. The molecule has 1 N–H and O–H groups in total. The van der Waals surface area contributed by atoms with Crippen LogP contribution in [-0.2, 0) is 11.2 Å². The van der Waals surface area contributed by atoms with E-state index in [1.807, 2.05) is 36.4 Å². The Morgan fingerprint density at radius 1 is 0.955 bits per heavy atom. The van der Waals surface area contributed by atoms with Crippen LogP contribution < -0.4 is 5.32 Å². The van der Waals surface area contributed by atoms with E-state index in [4.69, 9.17) is 0 Å². The van der Waals surface area contributed by atoms with Crippen LogP contribution in [0.15, 0.2) is 66.7 Å². The first-order valence-electron chi connectivity index (χ1n) is 7.92. The molecule has 0 amide bonds. The van der Waals surface area contributed by atoms with Crippen LogP contribution in [0.5, 0.6) is 0 Å². The van der Waals surface area contributed by atoms with Gasteiger partial charge in [-0.1, -0.05) is 66.7 Å². The van der Waals surface area contributed by atoms with E-state index in [-0.39, 0.29) is 5.92 Å². The van der Waals surface area contributed by atoms with E-state index in [1.165, 1.54) is 5.56 Å². The van der Waals surface area contributed by atoms with Crippen molar-refractivity contribution in [1.82, 2.24) is 5.32 Å². The molecule has 2 aliphatic rings. The third kappa shape index (κ3) is 2.30. The smallest absolute Gasteiger partial charge is 0.168 e. The zero-order chi connectivity index (χ0) is 14.9. The molecular weight excluding hydrogens is 270 g/mol. The van der Waals surface area contributed by atoms with E-state index in [9.17, 15) is 4.79 Å². The molecule has 0 radical (unpaired) electrons. The van der Waals surface area contributed by atoms with Crippen LogP contribution in [0.2, 0.25) is 0 Å². The summed E-state index contributed by atoms with van der Waals surface area (Å²) >= 11 is 0. The predicted octanol–water partition coefficient (Wildman–Crippen LogP) is 3.10. The molecule has 3 unspecified atom stereocenters. The highest BCUT2D eigenvalue weighted by atomic mass is 16.1. The predicted molar refractivity (Wildman–Crippen MR) is 88.3 cm³/mol. The number of hydrogen-bond acceptors (Lipinski definition) is 2. The maximum absolute atomic E-state index is 12.7. The van der Waals surface area contributed by atoms with Gasteiger partial charge in [-0.05, 0) is 17.5 Å². The molecule has 3 atom stereocenters. The lowest BCUT2D eigenvalue weighted by molar-refractivity contribution is -0.116. The van der Waals surface area contributed by atoms with Gasteiger partial charge >= 0.3 is 0 Å². The van der Waals surface area contributed by atoms with Gasteiger partial charge in [-0.15, -0.1) is 0 Å². The minimum absolute atomic E-state index is 0.115. The molecule has 1 fully saturated rings. The summed E-state index contributed by atoms with van der Waals surface area (Å²) in [5, 5.41) is 3.54. The van der Waals surface area contributed by atoms with Crippen molar-refractivity contribution in [2.24, 2.45) is 11.8 Å². The summed E-state index contributed by atoms with van der Waals surface area (Å²) in [5.41, 5.74) is 3.30. The third-order valence-electron chi connectivity index (χ3n) is 4.87. The Kier molecular flexibility index (Phi) is 3.39. The molecule has 2 heteroatoms. The van der Waals surface area contributed by atoms with E-state index >= 15 is 0 Å². The van der Waals surface area contributed by atoms with Gasteiger partial charge in [0, 0.05) is 30.0 Å². The van der Waals surface area contributed by atoms with Gasteiger partial charge in [0.2, 0.25) is 0 Å². The molecule has 2 aromatic rings. The first-order chi connectivity index (χ1) is 10.8. The van der Waals surface area contributed by atoms with E-state index in [0.717, 1.165) is 24.1 Å². The highest BCUT2D eigenvalue weighted by Gasteiger charge is 2.44. The van der Waals surface area contributed by atoms with Crippen LogP contribution in [0, 0.1) is 11.8 Å². The number of hydrogen-bond donors (Lipinski definition) is 1. The standard InChI is InChI=1S/C20H19NO/c22-20-16(15-9-5-2-6-10-15)12-17-18(20)13-21-19(17)11-14-7-3-1-4-8-14/h1-10,12,17-19,21H,11,13H2. The fourth-order valence-corrected chi connectivity index (χ4v) is 3.74. The number of allylic oxidation sites excluding steroid dienone is 1. The van der Waals surface area contributed by atoms with Crippen molar-refractivity contribution in [1.29, 1.82) is 0 Å². The van der Waals surface area contributed by atoms with Crippen molar-refractivity contribution in [2.45, 2.75) is 12.5 Å². The Bertz CT molecular complexity index is 705. The maximum Gasteiger partial charge on any atom is 0.168 e. The van der Waals surface area contributed by atoms with Crippen LogP contribution in [-0.4, -0.2) is 18.4 Å². The molecular formula is C20H19NO. The van der Waals surface area contributed by atoms with E-state index in [0.29, 0.717) is 17.7 Å². The Morgan fingerprint density at radius 3 is 2.36 bits per heavy atom. The average molecular weight is 289 g/mol. The largest absolute Gasteiger partial charge is 0.312 e. The average Bonchev–Trinajstić information content (AvgIpc) is 3.11. The molecule has 2 aromatic carbocycles. The topological polar surface area (TPSA) is 29.1 Å². The molecule has 4 rings (SSSR count). The van der Waals surface area contributed by atoms with Crippen LogP contribution in [0.1, 0.15) is 11.1 Å². The molecule has 2 nitrogen and oxygen atoms in total. The van der Waals surface area contributed by atoms with Gasteiger partial charge < -0.3 is 5.32 Å². The Balaban J connectivity index is 1.59. The highest BCUT2D eigenvalue weighted by Crippen LogP contribution is 2.39. The van der Waals surface area contributed by atoms with Gasteiger partial charge in [0.25, 0.3) is 0 Å². The van der Waals surface area contributed by atoms with Crippen LogP contribution in [0.4, 0.5) is 0 Å². The second-order valence-electron chi connectivity index (χ2n) is 6.20. The summed E-state index contributed by atoms with van der Waals surface area (Å²) in [6.45, 7) is 0.799. The van der Waals surface area contributed by atoms with Gasteiger partial charge in [0.15, 0.2) is 5.78 Å². The first kappa shape index (κ1) is 13.5. The summed E-state index contributed by atoms with van der Waals surface area (Å²) in [5.74, 6) is 0.742. The molecule has 0 bridgehead atoms. The minimum atomic E-state index is 0.115. The van der Waals surface area contributed by atoms with Crippen molar-refractivity contribution >= 4 is 11.4 Å². The number of benzene rings is 2. The SMILES string of the molecule is O=C1C(c2ccccc2)=CC2C(Cc3ccccc3)NCC12. The second kappa shape index (κ2) is 5.54. The summed E-state index contributed by atoms with van der Waals surface area (Å²) in [4.78, 5) is 12.7. The molecule has 0 aromatic heterocycles. The Labute approximate surface area is 130 Å². The first-order valence-corrected chi connectivity index (χ1v) is 7.92. The zero-order valence-electron chi connectivity index (χ0n) is 12.4. The molecule has 110 valence electrons. The quantitative estimate of drug-likeness (QED) is 0.940. The van der Waals surface area contributed by atoms with Crippen molar-refractivity contribution in [3.63, 3.8) is 0 Å². The van der Waals surface area contributed by atoms with Crippen molar-refractivity contribution in [3.05, 3.63) is 77.9 Å². The van der Waals surface area contributed by atoms with E-state index in [1.54, 1.807) is 0 Å².